The standard InChI is InChI=1S/C37H49NO5/c1-8-37(9-2,29-17-15-28(25(3)21-29)16-20-33(39)36(5,6)7)30-18-19-32(26(4)22-30)43-24-34(40)38-31(35(41)42)23-27-13-11-10-12-14-27/h10-15,17-19,21-22,31,33,39H,8-9,16,20,23-24H2,1-7H3,(H,38,40)(H,41,42)/t31?,33-/m0/s1. The van der Waals surface area contributed by atoms with Crippen LogP contribution in [0.15, 0.2) is 66.7 Å². The van der Waals surface area contributed by atoms with Crippen LogP contribution in [0.25, 0.3) is 0 Å². The Morgan fingerprint density at radius 2 is 1.49 bits per heavy atom. The first-order chi connectivity index (χ1) is 20.3. The number of rotatable bonds is 14. The van der Waals surface area contributed by atoms with Crippen molar-refractivity contribution in [2.45, 2.75) is 98.1 Å². The average molecular weight is 588 g/mol. The maximum Gasteiger partial charge on any atom is 0.326 e. The summed E-state index contributed by atoms with van der Waals surface area (Å²) in [5.74, 6) is -0.966. The first kappa shape index (κ1) is 33.9. The Balaban J connectivity index is 1.72. The van der Waals surface area contributed by atoms with E-state index in [0.29, 0.717) is 5.75 Å². The summed E-state index contributed by atoms with van der Waals surface area (Å²) < 4.78 is 5.85. The average Bonchev–Trinajstić information content (AvgIpc) is 2.96. The number of aryl methyl sites for hydroxylation is 3. The number of benzene rings is 3. The summed E-state index contributed by atoms with van der Waals surface area (Å²) in [6.45, 7) is 14.5. The van der Waals surface area contributed by atoms with E-state index in [4.69, 9.17) is 4.74 Å². The Bertz CT molecular complexity index is 1370. The molecule has 0 aliphatic carbocycles. The number of carboxylic acid groups (broad SMARTS) is 1. The minimum atomic E-state index is -1.08. The number of carboxylic acids is 1. The van der Waals surface area contributed by atoms with Gasteiger partial charge in [-0.3, -0.25) is 4.79 Å². The van der Waals surface area contributed by atoms with Crippen molar-refractivity contribution >= 4 is 11.9 Å². The van der Waals surface area contributed by atoms with Gasteiger partial charge in [-0.25, -0.2) is 4.79 Å². The van der Waals surface area contributed by atoms with Gasteiger partial charge in [0.1, 0.15) is 11.8 Å². The number of ether oxygens (including phenoxy) is 1. The molecule has 1 amide bonds. The zero-order valence-electron chi connectivity index (χ0n) is 26.9. The molecule has 0 radical (unpaired) electrons. The summed E-state index contributed by atoms with van der Waals surface area (Å²) in [4.78, 5) is 24.4. The van der Waals surface area contributed by atoms with Crippen molar-refractivity contribution < 1.29 is 24.5 Å². The van der Waals surface area contributed by atoms with Crippen LogP contribution in [0.4, 0.5) is 0 Å². The van der Waals surface area contributed by atoms with Gasteiger partial charge in [-0.15, -0.1) is 0 Å². The number of nitrogens with one attached hydrogen (secondary N) is 1. The minimum absolute atomic E-state index is 0.131. The van der Waals surface area contributed by atoms with Crippen molar-refractivity contribution in [1.82, 2.24) is 5.32 Å². The van der Waals surface area contributed by atoms with Crippen LogP contribution in [0.5, 0.6) is 5.75 Å². The van der Waals surface area contributed by atoms with Crippen LogP contribution in [0.2, 0.25) is 0 Å². The molecule has 3 rings (SSSR count). The van der Waals surface area contributed by atoms with E-state index in [1.54, 1.807) is 0 Å². The largest absolute Gasteiger partial charge is 0.484 e. The molecule has 232 valence electrons. The van der Waals surface area contributed by atoms with Crippen LogP contribution in [0, 0.1) is 19.3 Å². The van der Waals surface area contributed by atoms with Crippen LogP contribution < -0.4 is 10.1 Å². The topological polar surface area (TPSA) is 95.9 Å². The number of hydrogen-bond acceptors (Lipinski definition) is 4. The Morgan fingerprint density at radius 1 is 0.884 bits per heavy atom. The second-order valence-corrected chi connectivity index (χ2v) is 12.8. The van der Waals surface area contributed by atoms with Crippen LogP contribution in [-0.4, -0.2) is 40.8 Å². The summed E-state index contributed by atoms with van der Waals surface area (Å²) in [6, 6.07) is 21.1. The molecule has 0 heterocycles. The normalized spacial score (nSPS) is 13.3. The number of carbonyl (C=O) groups excluding carboxylic acids is 1. The Morgan fingerprint density at radius 3 is 2.02 bits per heavy atom. The van der Waals surface area contributed by atoms with Crippen molar-refractivity contribution in [3.8, 4) is 5.75 Å². The molecule has 0 aromatic heterocycles. The fraction of sp³-hybridized carbons (Fsp3) is 0.459. The van der Waals surface area contributed by atoms with Gasteiger partial charge in [0.05, 0.1) is 6.10 Å². The molecule has 2 atom stereocenters. The van der Waals surface area contributed by atoms with Gasteiger partial charge in [0.15, 0.2) is 6.61 Å². The summed E-state index contributed by atoms with van der Waals surface area (Å²) in [5.41, 5.74) is 6.40. The van der Waals surface area contributed by atoms with Crippen molar-refractivity contribution in [2.24, 2.45) is 5.41 Å². The smallest absolute Gasteiger partial charge is 0.326 e. The predicted molar refractivity (Wildman–Crippen MR) is 173 cm³/mol. The van der Waals surface area contributed by atoms with Gasteiger partial charge in [0, 0.05) is 11.8 Å². The summed E-state index contributed by atoms with van der Waals surface area (Å²) in [7, 11) is 0. The lowest BCUT2D eigenvalue weighted by molar-refractivity contribution is -0.142. The molecule has 3 N–H and O–H groups in total. The van der Waals surface area contributed by atoms with E-state index in [1.807, 2.05) is 43.3 Å². The molecule has 0 aliphatic rings. The zero-order valence-corrected chi connectivity index (χ0v) is 26.9. The number of aliphatic hydroxyl groups is 1. The van der Waals surface area contributed by atoms with E-state index in [0.717, 1.165) is 36.8 Å². The quantitative estimate of drug-likeness (QED) is 0.190. The van der Waals surface area contributed by atoms with Crippen LogP contribution in [-0.2, 0) is 27.8 Å². The van der Waals surface area contributed by atoms with Crippen molar-refractivity contribution in [3.05, 3.63) is 100 Å². The number of aliphatic carboxylic acids is 1. The SMILES string of the molecule is CCC(CC)(c1ccc(CC[C@H](O)C(C)(C)C)c(C)c1)c1ccc(OCC(=O)NC(Cc2ccccc2)C(=O)O)c(C)c1. The highest BCUT2D eigenvalue weighted by molar-refractivity contribution is 5.84. The highest BCUT2D eigenvalue weighted by atomic mass is 16.5. The molecule has 3 aromatic rings. The number of amides is 1. The molecule has 0 bridgehead atoms. The van der Waals surface area contributed by atoms with Gasteiger partial charge in [0.25, 0.3) is 5.91 Å². The van der Waals surface area contributed by atoms with E-state index in [2.05, 4.69) is 77.2 Å². The molecule has 0 saturated carbocycles. The minimum Gasteiger partial charge on any atom is -0.484 e. The van der Waals surface area contributed by atoms with E-state index in [-0.39, 0.29) is 30.0 Å². The third-order valence-corrected chi connectivity index (χ3v) is 8.79. The molecule has 6 heteroatoms. The number of hydrogen-bond donors (Lipinski definition) is 3. The maximum atomic E-state index is 12.6. The molecule has 0 spiro atoms. The van der Waals surface area contributed by atoms with Crippen LogP contribution in [0.3, 0.4) is 0 Å². The first-order valence-corrected chi connectivity index (χ1v) is 15.4. The van der Waals surface area contributed by atoms with E-state index in [9.17, 15) is 19.8 Å². The van der Waals surface area contributed by atoms with Crippen LogP contribution in [0.1, 0.15) is 87.3 Å². The zero-order chi connectivity index (χ0) is 31.8. The van der Waals surface area contributed by atoms with Gasteiger partial charge >= 0.3 is 5.97 Å². The van der Waals surface area contributed by atoms with E-state index < -0.39 is 17.9 Å². The molecule has 3 aromatic carbocycles. The second kappa shape index (κ2) is 14.7. The first-order valence-electron chi connectivity index (χ1n) is 15.4. The lowest BCUT2D eigenvalue weighted by atomic mass is 9.69. The molecule has 0 fully saturated rings. The Hall–Kier alpha value is -3.64. The van der Waals surface area contributed by atoms with Gasteiger partial charge in [0.2, 0.25) is 0 Å². The Kier molecular flexibility index (Phi) is 11.6. The molecule has 0 saturated heterocycles. The Labute approximate surface area is 257 Å². The summed E-state index contributed by atoms with van der Waals surface area (Å²) in [5, 5.41) is 22.7. The fourth-order valence-corrected chi connectivity index (χ4v) is 5.77. The lowest BCUT2D eigenvalue weighted by Gasteiger charge is -2.34. The molecule has 6 nitrogen and oxygen atoms in total. The van der Waals surface area contributed by atoms with Crippen LogP contribution >= 0.6 is 0 Å². The molecule has 0 aliphatic heterocycles. The predicted octanol–water partition coefficient (Wildman–Crippen LogP) is 6.94. The number of carbonyl (C=O) groups is 2. The van der Waals surface area contributed by atoms with Crippen molar-refractivity contribution in [2.75, 3.05) is 6.61 Å². The third-order valence-electron chi connectivity index (χ3n) is 8.79. The fourth-order valence-electron chi connectivity index (χ4n) is 5.77. The highest BCUT2D eigenvalue weighted by Gasteiger charge is 2.32. The van der Waals surface area contributed by atoms with Gasteiger partial charge in [-0.1, -0.05) is 95.3 Å². The van der Waals surface area contributed by atoms with E-state index in [1.165, 1.54) is 22.3 Å². The van der Waals surface area contributed by atoms with Gasteiger partial charge in [-0.05, 0) is 84.4 Å². The highest BCUT2D eigenvalue weighted by Crippen LogP contribution is 2.41. The monoisotopic (exact) mass is 587 g/mol. The van der Waals surface area contributed by atoms with E-state index >= 15 is 0 Å². The van der Waals surface area contributed by atoms with Crippen molar-refractivity contribution in [3.63, 3.8) is 0 Å². The molecule has 43 heavy (non-hydrogen) atoms. The number of aliphatic hydroxyl groups excluding tert-OH is 1. The third kappa shape index (κ3) is 8.70. The molecular weight excluding hydrogens is 538 g/mol. The summed E-state index contributed by atoms with van der Waals surface area (Å²) >= 11 is 0. The summed E-state index contributed by atoms with van der Waals surface area (Å²) in [6.07, 6.45) is 3.27. The van der Waals surface area contributed by atoms with Gasteiger partial charge in [-0.2, -0.15) is 0 Å². The maximum absolute atomic E-state index is 12.6. The van der Waals surface area contributed by atoms with Crippen molar-refractivity contribution in [1.29, 1.82) is 0 Å². The molecule has 1 unspecified atom stereocenters. The second-order valence-electron chi connectivity index (χ2n) is 12.8. The molecular formula is C37H49NO5. The lowest BCUT2D eigenvalue weighted by Crippen LogP contribution is -2.44. The van der Waals surface area contributed by atoms with Gasteiger partial charge < -0.3 is 20.3 Å².